The van der Waals surface area contributed by atoms with Crippen molar-refractivity contribution in [1.82, 2.24) is 15.5 Å². The van der Waals surface area contributed by atoms with Crippen molar-refractivity contribution in [2.75, 3.05) is 13.1 Å². The molecule has 2 aliphatic rings. The van der Waals surface area contributed by atoms with Crippen LogP contribution in [0.2, 0.25) is 0 Å². The summed E-state index contributed by atoms with van der Waals surface area (Å²) in [7, 11) is 0. The van der Waals surface area contributed by atoms with E-state index >= 15 is 0 Å². The summed E-state index contributed by atoms with van der Waals surface area (Å²) in [6, 6.07) is -0.566. The predicted molar refractivity (Wildman–Crippen MR) is 71.2 cm³/mol. The Balaban J connectivity index is 2.21. The molecule has 8 nitrogen and oxygen atoms in total. The van der Waals surface area contributed by atoms with Crippen LogP contribution in [0.3, 0.4) is 0 Å². The molecule has 0 radical (unpaired) electrons. The second-order valence-corrected chi connectivity index (χ2v) is 5.38. The Kier molecular flexibility index (Phi) is 3.71. The second-order valence-electron chi connectivity index (χ2n) is 5.38. The maximum atomic E-state index is 12.3. The summed E-state index contributed by atoms with van der Waals surface area (Å²) in [6.45, 7) is 3.28. The standard InChI is InChI=1S/C13H17N3O5/c1-7(8(2)10(18)19)9(17)16-5-3-4-13(6-16)11(20)14-12(21)15-13/h3-6H2,1-2H3,(H,18,19)(H2,14,15,20,21). The first-order valence-corrected chi connectivity index (χ1v) is 6.60. The Hall–Kier alpha value is -2.38. The van der Waals surface area contributed by atoms with Crippen molar-refractivity contribution >= 4 is 23.8 Å². The Labute approximate surface area is 121 Å². The van der Waals surface area contributed by atoms with Crippen LogP contribution in [0.25, 0.3) is 0 Å². The molecule has 114 valence electrons. The number of nitrogens with one attached hydrogen (secondary N) is 2. The molecule has 0 aromatic rings. The number of amides is 4. The van der Waals surface area contributed by atoms with Crippen LogP contribution in [0, 0.1) is 0 Å². The lowest BCUT2D eigenvalue weighted by molar-refractivity contribution is -0.135. The topological polar surface area (TPSA) is 116 Å². The van der Waals surface area contributed by atoms with Crippen LogP contribution in [0.1, 0.15) is 26.7 Å². The van der Waals surface area contributed by atoms with Gasteiger partial charge in [0.25, 0.3) is 5.91 Å². The normalized spacial score (nSPS) is 26.3. The van der Waals surface area contributed by atoms with Gasteiger partial charge in [0.05, 0.1) is 6.54 Å². The molecule has 0 aromatic heterocycles. The number of carbonyl (C=O) groups excluding carboxylic acids is 3. The van der Waals surface area contributed by atoms with Gasteiger partial charge in [0.2, 0.25) is 5.91 Å². The number of rotatable bonds is 2. The number of likely N-dealkylation sites (tertiary alicyclic amines) is 1. The lowest BCUT2D eigenvalue weighted by Crippen LogP contribution is -2.59. The zero-order valence-corrected chi connectivity index (χ0v) is 11.9. The fourth-order valence-electron chi connectivity index (χ4n) is 2.60. The van der Waals surface area contributed by atoms with Gasteiger partial charge in [0, 0.05) is 17.7 Å². The fraction of sp³-hybridized carbons (Fsp3) is 0.538. The second kappa shape index (κ2) is 5.19. The first kappa shape index (κ1) is 15.0. The average molecular weight is 295 g/mol. The van der Waals surface area contributed by atoms with E-state index in [-0.39, 0.29) is 17.7 Å². The van der Waals surface area contributed by atoms with Gasteiger partial charge in [-0.15, -0.1) is 0 Å². The molecule has 1 spiro atoms. The zero-order valence-electron chi connectivity index (χ0n) is 11.9. The predicted octanol–water partition coefficient (Wildman–Crippen LogP) is -0.392. The molecular formula is C13H17N3O5. The molecule has 2 rings (SSSR count). The number of imide groups is 1. The van der Waals surface area contributed by atoms with Gasteiger partial charge in [-0.3, -0.25) is 14.9 Å². The summed E-state index contributed by atoms with van der Waals surface area (Å²) in [5.41, 5.74) is -0.994. The molecule has 2 aliphatic heterocycles. The molecule has 0 bridgehead atoms. The molecule has 3 N–H and O–H groups in total. The number of carbonyl (C=O) groups is 4. The third kappa shape index (κ3) is 2.61. The highest BCUT2D eigenvalue weighted by molar-refractivity contribution is 6.08. The van der Waals surface area contributed by atoms with E-state index in [2.05, 4.69) is 10.6 Å². The van der Waals surface area contributed by atoms with Crippen molar-refractivity contribution in [2.45, 2.75) is 32.2 Å². The van der Waals surface area contributed by atoms with Gasteiger partial charge < -0.3 is 15.3 Å². The minimum Gasteiger partial charge on any atom is -0.478 e. The van der Waals surface area contributed by atoms with Crippen LogP contribution in [0.15, 0.2) is 11.1 Å². The van der Waals surface area contributed by atoms with Crippen molar-refractivity contribution in [3.05, 3.63) is 11.1 Å². The number of nitrogens with zero attached hydrogens (tertiary/aromatic N) is 1. The highest BCUT2D eigenvalue weighted by Crippen LogP contribution is 2.25. The Morgan fingerprint density at radius 2 is 1.90 bits per heavy atom. The molecule has 2 heterocycles. The van der Waals surface area contributed by atoms with E-state index < -0.39 is 29.4 Å². The smallest absolute Gasteiger partial charge is 0.331 e. The number of hydrogen-bond donors (Lipinski definition) is 3. The SMILES string of the molecule is CC(C(=O)O)=C(C)C(=O)N1CCCC2(C1)NC(=O)NC2=O. The summed E-state index contributed by atoms with van der Waals surface area (Å²) in [5.74, 6) is -2.02. The number of carboxylic acid groups (broad SMARTS) is 1. The van der Waals surface area contributed by atoms with Gasteiger partial charge in [0.1, 0.15) is 5.54 Å². The van der Waals surface area contributed by atoms with E-state index in [0.29, 0.717) is 19.4 Å². The molecule has 1 atom stereocenters. The van der Waals surface area contributed by atoms with Crippen molar-refractivity contribution in [3.8, 4) is 0 Å². The van der Waals surface area contributed by atoms with E-state index in [9.17, 15) is 19.2 Å². The molecular weight excluding hydrogens is 278 g/mol. The van der Waals surface area contributed by atoms with Crippen LogP contribution < -0.4 is 10.6 Å². The fourth-order valence-corrected chi connectivity index (χ4v) is 2.60. The number of urea groups is 1. The van der Waals surface area contributed by atoms with E-state index in [0.717, 1.165) is 0 Å². The summed E-state index contributed by atoms with van der Waals surface area (Å²) in [6.07, 6.45) is 1.01. The number of aliphatic carboxylic acids is 1. The van der Waals surface area contributed by atoms with Crippen LogP contribution >= 0.6 is 0 Å². The van der Waals surface area contributed by atoms with E-state index in [1.807, 2.05) is 0 Å². The Bertz CT molecular complexity index is 568. The number of carboxylic acids is 1. The zero-order chi connectivity index (χ0) is 15.8. The van der Waals surface area contributed by atoms with Gasteiger partial charge in [-0.1, -0.05) is 0 Å². The minimum absolute atomic E-state index is 0.0282. The molecule has 4 amide bonds. The van der Waals surface area contributed by atoms with Crippen LogP contribution in [0.5, 0.6) is 0 Å². The van der Waals surface area contributed by atoms with Gasteiger partial charge >= 0.3 is 12.0 Å². The largest absolute Gasteiger partial charge is 0.478 e. The molecule has 2 saturated heterocycles. The number of piperidine rings is 1. The third-order valence-corrected chi connectivity index (χ3v) is 4.00. The average Bonchev–Trinajstić information content (AvgIpc) is 2.70. The Morgan fingerprint density at radius 1 is 1.24 bits per heavy atom. The van der Waals surface area contributed by atoms with Crippen LogP contribution in [-0.2, 0) is 14.4 Å². The van der Waals surface area contributed by atoms with Gasteiger partial charge in [0.15, 0.2) is 0 Å². The lowest BCUT2D eigenvalue weighted by Gasteiger charge is -2.38. The first-order valence-electron chi connectivity index (χ1n) is 6.60. The third-order valence-electron chi connectivity index (χ3n) is 4.00. The van der Waals surface area contributed by atoms with Gasteiger partial charge in [-0.25, -0.2) is 9.59 Å². The van der Waals surface area contributed by atoms with Gasteiger partial charge in [-0.2, -0.15) is 0 Å². The van der Waals surface area contributed by atoms with Gasteiger partial charge in [-0.05, 0) is 26.7 Å². The molecule has 1 unspecified atom stereocenters. The maximum Gasteiger partial charge on any atom is 0.331 e. The summed E-state index contributed by atoms with van der Waals surface area (Å²) in [5, 5.41) is 13.7. The summed E-state index contributed by atoms with van der Waals surface area (Å²) < 4.78 is 0. The molecule has 21 heavy (non-hydrogen) atoms. The van der Waals surface area contributed by atoms with Crippen molar-refractivity contribution in [1.29, 1.82) is 0 Å². The summed E-state index contributed by atoms with van der Waals surface area (Å²) >= 11 is 0. The highest BCUT2D eigenvalue weighted by Gasteiger charge is 2.49. The molecule has 2 fully saturated rings. The molecule has 0 saturated carbocycles. The Morgan fingerprint density at radius 3 is 2.43 bits per heavy atom. The summed E-state index contributed by atoms with van der Waals surface area (Å²) in [4.78, 5) is 47.9. The van der Waals surface area contributed by atoms with Crippen molar-refractivity contribution in [2.24, 2.45) is 0 Å². The minimum atomic E-state index is -1.15. The van der Waals surface area contributed by atoms with E-state index in [1.165, 1.54) is 18.7 Å². The van der Waals surface area contributed by atoms with E-state index in [4.69, 9.17) is 5.11 Å². The molecule has 0 aliphatic carbocycles. The quantitative estimate of drug-likeness (QED) is 0.474. The highest BCUT2D eigenvalue weighted by atomic mass is 16.4. The van der Waals surface area contributed by atoms with Crippen molar-refractivity contribution < 1.29 is 24.3 Å². The monoisotopic (exact) mass is 295 g/mol. The lowest BCUT2D eigenvalue weighted by atomic mass is 9.88. The molecule has 8 heteroatoms. The molecule has 0 aromatic carbocycles. The first-order chi connectivity index (χ1) is 9.77. The van der Waals surface area contributed by atoms with E-state index in [1.54, 1.807) is 0 Å². The van der Waals surface area contributed by atoms with Crippen LogP contribution in [-0.4, -0.2) is 52.4 Å². The maximum absolute atomic E-state index is 12.3. The number of hydrogen-bond acceptors (Lipinski definition) is 4. The van der Waals surface area contributed by atoms with Crippen LogP contribution in [0.4, 0.5) is 4.79 Å². The van der Waals surface area contributed by atoms with Crippen molar-refractivity contribution in [3.63, 3.8) is 0 Å².